The summed E-state index contributed by atoms with van der Waals surface area (Å²) in [7, 11) is 2.01. The largest absolute Gasteiger partial charge is 0.341 e. The van der Waals surface area contributed by atoms with E-state index >= 15 is 0 Å². The van der Waals surface area contributed by atoms with Gasteiger partial charge < -0.3 is 9.47 Å². The molecule has 27 heavy (non-hydrogen) atoms. The number of para-hydroxylation sites is 1. The Balaban J connectivity index is 1.50. The van der Waals surface area contributed by atoms with Gasteiger partial charge in [0, 0.05) is 49.9 Å². The van der Waals surface area contributed by atoms with Crippen LogP contribution in [0.5, 0.6) is 0 Å². The fourth-order valence-electron chi connectivity index (χ4n) is 4.06. The molecule has 0 spiro atoms. The summed E-state index contributed by atoms with van der Waals surface area (Å²) >= 11 is 0. The van der Waals surface area contributed by atoms with Gasteiger partial charge in [0.05, 0.1) is 5.52 Å². The summed E-state index contributed by atoms with van der Waals surface area (Å²) in [5.74, 6) is 1.48. The van der Waals surface area contributed by atoms with Crippen LogP contribution in [0.4, 0.5) is 0 Å². The highest BCUT2D eigenvalue weighted by Gasteiger charge is 2.26. The van der Waals surface area contributed by atoms with Crippen molar-refractivity contribution in [2.75, 3.05) is 13.1 Å². The first-order chi connectivity index (χ1) is 13.0. The van der Waals surface area contributed by atoms with E-state index in [1.165, 1.54) is 0 Å². The molecule has 6 heteroatoms. The number of aromatic nitrogens is 3. The first-order valence-corrected chi connectivity index (χ1v) is 9.39. The normalized spacial score (nSPS) is 15.4. The van der Waals surface area contributed by atoms with Crippen molar-refractivity contribution in [3.63, 3.8) is 0 Å². The number of fused-ring (bicyclic) bond motifs is 1. The SMILES string of the molecule is Cc1cc(=O)n(CC(=O)N2CCC(c3nccn3C)CC2)c2ccccc12. The number of imidazole rings is 1. The summed E-state index contributed by atoms with van der Waals surface area (Å²) in [5.41, 5.74) is 1.64. The van der Waals surface area contributed by atoms with Crippen LogP contribution in [0.1, 0.15) is 30.1 Å². The molecule has 1 amide bonds. The minimum atomic E-state index is -0.123. The van der Waals surface area contributed by atoms with Crippen LogP contribution in [0.3, 0.4) is 0 Å². The Kier molecular flexibility index (Phi) is 4.56. The molecule has 1 aliphatic heterocycles. The maximum absolute atomic E-state index is 12.9. The Morgan fingerprint density at radius 3 is 2.67 bits per heavy atom. The molecule has 1 fully saturated rings. The van der Waals surface area contributed by atoms with E-state index in [4.69, 9.17) is 0 Å². The number of carbonyl (C=O) groups excluding carboxylic acids is 1. The number of rotatable bonds is 3. The van der Waals surface area contributed by atoms with Gasteiger partial charge >= 0.3 is 0 Å². The maximum atomic E-state index is 12.9. The van der Waals surface area contributed by atoms with E-state index in [2.05, 4.69) is 9.55 Å². The van der Waals surface area contributed by atoms with Crippen molar-refractivity contribution in [1.29, 1.82) is 0 Å². The van der Waals surface area contributed by atoms with Crippen molar-refractivity contribution in [3.8, 4) is 0 Å². The standard InChI is InChI=1S/C21H24N4O2/c1-15-13-19(26)25(18-6-4-3-5-17(15)18)14-20(27)24-10-7-16(8-11-24)21-22-9-12-23(21)2/h3-6,9,12-13,16H,7-8,10-11,14H2,1-2H3. The number of benzene rings is 1. The second-order valence-corrected chi connectivity index (χ2v) is 7.32. The number of hydrogen-bond acceptors (Lipinski definition) is 3. The first kappa shape index (κ1) is 17.5. The van der Waals surface area contributed by atoms with Crippen molar-refractivity contribution in [1.82, 2.24) is 19.0 Å². The lowest BCUT2D eigenvalue weighted by Crippen LogP contribution is -2.41. The Morgan fingerprint density at radius 1 is 1.22 bits per heavy atom. The highest BCUT2D eigenvalue weighted by atomic mass is 16.2. The fourth-order valence-corrected chi connectivity index (χ4v) is 4.06. The highest BCUT2D eigenvalue weighted by Crippen LogP contribution is 2.26. The van der Waals surface area contributed by atoms with Crippen molar-refractivity contribution in [2.45, 2.75) is 32.2 Å². The van der Waals surface area contributed by atoms with Crippen LogP contribution in [-0.2, 0) is 18.4 Å². The lowest BCUT2D eigenvalue weighted by Gasteiger charge is -2.32. The lowest BCUT2D eigenvalue weighted by molar-refractivity contribution is -0.132. The molecule has 0 aliphatic carbocycles. The summed E-state index contributed by atoms with van der Waals surface area (Å²) in [6.45, 7) is 3.43. The van der Waals surface area contributed by atoms with Gasteiger partial charge in [0.15, 0.2) is 0 Å². The molecule has 4 rings (SSSR count). The van der Waals surface area contributed by atoms with Gasteiger partial charge in [-0.3, -0.25) is 14.2 Å². The van der Waals surface area contributed by atoms with Gasteiger partial charge in [0.1, 0.15) is 12.4 Å². The van der Waals surface area contributed by atoms with Gasteiger partial charge in [-0.2, -0.15) is 0 Å². The molecule has 6 nitrogen and oxygen atoms in total. The molecule has 0 unspecified atom stereocenters. The molecule has 3 aromatic rings. The number of aryl methyl sites for hydroxylation is 2. The Labute approximate surface area is 158 Å². The summed E-state index contributed by atoms with van der Waals surface area (Å²) < 4.78 is 3.65. The summed E-state index contributed by atoms with van der Waals surface area (Å²) in [4.78, 5) is 31.7. The minimum Gasteiger partial charge on any atom is -0.341 e. The van der Waals surface area contributed by atoms with Gasteiger partial charge in [-0.1, -0.05) is 18.2 Å². The molecule has 0 N–H and O–H groups in total. The third-order valence-electron chi connectivity index (χ3n) is 5.59. The third-order valence-corrected chi connectivity index (χ3v) is 5.59. The maximum Gasteiger partial charge on any atom is 0.251 e. The molecule has 140 valence electrons. The molecule has 1 saturated heterocycles. The number of carbonyl (C=O) groups is 1. The molecule has 0 saturated carbocycles. The van der Waals surface area contributed by atoms with Crippen molar-refractivity contribution < 1.29 is 4.79 Å². The van der Waals surface area contributed by atoms with Gasteiger partial charge in [-0.25, -0.2) is 4.98 Å². The van der Waals surface area contributed by atoms with Gasteiger partial charge in [0.2, 0.25) is 5.91 Å². The third kappa shape index (κ3) is 3.27. The molecule has 0 radical (unpaired) electrons. The summed E-state index contributed by atoms with van der Waals surface area (Å²) in [6.07, 6.45) is 5.59. The van der Waals surface area contributed by atoms with E-state index in [9.17, 15) is 9.59 Å². The molecule has 0 bridgehead atoms. The summed E-state index contributed by atoms with van der Waals surface area (Å²) in [5, 5.41) is 1.01. The van der Waals surface area contributed by atoms with Gasteiger partial charge in [-0.15, -0.1) is 0 Å². The number of likely N-dealkylation sites (tertiary alicyclic amines) is 1. The van der Waals surface area contributed by atoms with Crippen molar-refractivity contribution in [2.24, 2.45) is 7.05 Å². The van der Waals surface area contributed by atoms with E-state index < -0.39 is 0 Å². The average Bonchev–Trinajstić information content (AvgIpc) is 3.11. The second-order valence-electron chi connectivity index (χ2n) is 7.32. The number of pyridine rings is 1. The molecule has 2 aromatic heterocycles. The topological polar surface area (TPSA) is 60.1 Å². The Hall–Kier alpha value is -2.89. The van der Waals surface area contributed by atoms with Crippen molar-refractivity contribution in [3.05, 3.63) is 64.5 Å². The zero-order chi connectivity index (χ0) is 19.0. The van der Waals surface area contributed by atoms with Gasteiger partial charge in [-0.05, 0) is 31.4 Å². The predicted molar refractivity (Wildman–Crippen MR) is 105 cm³/mol. The van der Waals surface area contributed by atoms with Crippen LogP contribution in [-0.4, -0.2) is 38.0 Å². The molecule has 0 atom stereocenters. The average molecular weight is 364 g/mol. The van der Waals surface area contributed by atoms with Crippen LogP contribution in [0, 0.1) is 6.92 Å². The van der Waals surface area contributed by atoms with Crippen LogP contribution in [0.15, 0.2) is 47.5 Å². The number of amides is 1. The summed E-state index contributed by atoms with van der Waals surface area (Å²) in [6, 6.07) is 9.37. The van der Waals surface area contributed by atoms with E-state index in [-0.39, 0.29) is 18.0 Å². The first-order valence-electron chi connectivity index (χ1n) is 9.39. The zero-order valence-electron chi connectivity index (χ0n) is 15.8. The van der Waals surface area contributed by atoms with E-state index in [1.54, 1.807) is 10.6 Å². The van der Waals surface area contributed by atoms with Crippen LogP contribution >= 0.6 is 0 Å². The van der Waals surface area contributed by atoms with Crippen molar-refractivity contribution >= 4 is 16.8 Å². The smallest absolute Gasteiger partial charge is 0.251 e. The minimum absolute atomic E-state index is 0.00407. The second kappa shape index (κ2) is 7.02. The highest BCUT2D eigenvalue weighted by molar-refractivity contribution is 5.84. The van der Waals surface area contributed by atoms with E-state index in [1.807, 2.05) is 55.5 Å². The van der Waals surface area contributed by atoms with Crippen LogP contribution in [0.25, 0.3) is 10.9 Å². The number of piperidine rings is 1. The van der Waals surface area contributed by atoms with Crippen LogP contribution in [0.2, 0.25) is 0 Å². The molecule has 3 heterocycles. The Bertz CT molecular complexity index is 1040. The van der Waals surface area contributed by atoms with E-state index in [0.717, 1.165) is 35.1 Å². The van der Waals surface area contributed by atoms with Crippen LogP contribution < -0.4 is 5.56 Å². The number of hydrogen-bond donors (Lipinski definition) is 0. The molecular weight excluding hydrogens is 340 g/mol. The zero-order valence-corrected chi connectivity index (χ0v) is 15.8. The monoisotopic (exact) mass is 364 g/mol. The Morgan fingerprint density at radius 2 is 1.96 bits per heavy atom. The van der Waals surface area contributed by atoms with Gasteiger partial charge in [0.25, 0.3) is 5.56 Å². The fraction of sp³-hybridized carbons (Fsp3) is 0.381. The van der Waals surface area contributed by atoms with E-state index in [0.29, 0.717) is 19.0 Å². The quantitative estimate of drug-likeness (QED) is 0.717. The molecular formula is C21H24N4O2. The molecule has 1 aliphatic rings. The lowest BCUT2D eigenvalue weighted by atomic mass is 9.96. The number of nitrogens with zero attached hydrogens (tertiary/aromatic N) is 4. The molecule has 1 aromatic carbocycles. The predicted octanol–water partition coefficient (Wildman–Crippen LogP) is 2.45.